The van der Waals surface area contributed by atoms with Gasteiger partial charge in [-0.05, 0) is 38.1 Å². The lowest BCUT2D eigenvalue weighted by molar-refractivity contribution is 0.0651. The first-order chi connectivity index (χ1) is 16.3. The second-order valence-electron chi connectivity index (χ2n) is 7.44. The van der Waals surface area contributed by atoms with Crippen molar-refractivity contribution in [1.82, 2.24) is 9.80 Å². The summed E-state index contributed by atoms with van der Waals surface area (Å²) in [6.45, 7) is 9.70. The summed E-state index contributed by atoms with van der Waals surface area (Å²) in [6.07, 6.45) is 4.60. The molecule has 1 rings (SSSR count). The first-order valence-electron chi connectivity index (χ1n) is 11.8. The Bertz CT molecular complexity index is 566. The van der Waals surface area contributed by atoms with Gasteiger partial charge in [0.25, 0.3) is 0 Å². The number of aliphatic hydroxyl groups excluding tert-OH is 4. The fourth-order valence-electron chi connectivity index (χ4n) is 2.86. The van der Waals surface area contributed by atoms with Crippen LogP contribution >= 0.6 is 0 Å². The van der Waals surface area contributed by atoms with Crippen molar-refractivity contribution in [1.29, 1.82) is 0 Å². The quantitative estimate of drug-likeness (QED) is 0.199. The highest BCUT2D eigenvalue weighted by molar-refractivity contribution is 6.01. The molecule has 0 fully saturated rings. The molecule has 0 atom stereocenters. The zero-order valence-corrected chi connectivity index (χ0v) is 20.6. The van der Waals surface area contributed by atoms with Gasteiger partial charge < -0.3 is 30.6 Å². The van der Waals surface area contributed by atoms with E-state index in [-0.39, 0.29) is 37.6 Å². The molecule has 1 aromatic rings. The number of hydrogen-bond acceptors (Lipinski definition) is 8. The van der Waals surface area contributed by atoms with Gasteiger partial charge in [0.05, 0.1) is 37.6 Å². The SMILES string of the molecule is CCCCN(CCO)CCO.CCCCN(CCO)CCO.O=C(O)c1ccccc1C(=O)O. The third-order valence-corrected chi connectivity index (χ3v) is 4.71. The molecule has 1 aromatic carbocycles. The van der Waals surface area contributed by atoms with Crippen LogP contribution in [0.3, 0.4) is 0 Å². The number of carboxylic acid groups (broad SMARTS) is 2. The molecule has 0 aromatic heterocycles. The maximum absolute atomic E-state index is 10.5. The molecular weight excluding hydrogens is 444 g/mol. The average molecular weight is 489 g/mol. The van der Waals surface area contributed by atoms with Gasteiger partial charge in [-0.15, -0.1) is 0 Å². The zero-order chi connectivity index (χ0) is 26.2. The number of hydrogen-bond donors (Lipinski definition) is 6. The number of aliphatic hydroxyl groups is 4. The van der Waals surface area contributed by atoms with Crippen LogP contribution in [0.2, 0.25) is 0 Å². The van der Waals surface area contributed by atoms with Crippen molar-refractivity contribution in [3.8, 4) is 0 Å². The van der Waals surface area contributed by atoms with Gasteiger partial charge in [-0.3, -0.25) is 9.80 Å². The van der Waals surface area contributed by atoms with E-state index in [0.717, 1.165) is 38.8 Å². The molecule has 0 aliphatic heterocycles. The van der Waals surface area contributed by atoms with E-state index in [4.69, 9.17) is 30.6 Å². The molecule has 0 aliphatic carbocycles. The van der Waals surface area contributed by atoms with Crippen LogP contribution in [0.4, 0.5) is 0 Å². The van der Waals surface area contributed by atoms with E-state index >= 15 is 0 Å². The number of carbonyl (C=O) groups is 2. The Kier molecular flexibility index (Phi) is 24.1. The average Bonchev–Trinajstić information content (AvgIpc) is 2.82. The van der Waals surface area contributed by atoms with Crippen LogP contribution in [0.1, 0.15) is 60.2 Å². The molecule has 0 aliphatic rings. The van der Waals surface area contributed by atoms with E-state index in [0.29, 0.717) is 26.2 Å². The Balaban J connectivity index is 0. The van der Waals surface area contributed by atoms with E-state index in [1.165, 1.54) is 24.3 Å². The summed E-state index contributed by atoms with van der Waals surface area (Å²) >= 11 is 0. The first-order valence-corrected chi connectivity index (χ1v) is 11.8. The summed E-state index contributed by atoms with van der Waals surface area (Å²) in [6, 6.07) is 5.48. The predicted octanol–water partition coefficient (Wildman–Crippen LogP) is 1.23. The largest absolute Gasteiger partial charge is 0.478 e. The molecule has 0 saturated heterocycles. The van der Waals surface area contributed by atoms with E-state index in [1.807, 2.05) is 0 Å². The fourth-order valence-corrected chi connectivity index (χ4v) is 2.86. The second kappa shape index (κ2) is 24.1. The van der Waals surface area contributed by atoms with E-state index in [2.05, 4.69) is 23.6 Å². The minimum atomic E-state index is -1.23. The summed E-state index contributed by atoms with van der Waals surface area (Å²) in [5.74, 6) is -2.46. The van der Waals surface area contributed by atoms with Gasteiger partial charge in [0.15, 0.2) is 0 Å². The van der Waals surface area contributed by atoms with Crippen LogP contribution < -0.4 is 0 Å². The first kappa shape index (κ1) is 34.1. The molecule has 0 amide bonds. The third kappa shape index (κ3) is 18.4. The summed E-state index contributed by atoms with van der Waals surface area (Å²) in [4.78, 5) is 25.1. The molecule has 10 nitrogen and oxygen atoms in total. The van der Waals surface area contributed by atoms with Crippen LogP contribution in [0.5, 0.6) is 0 Å². The standard InChI is InChI=1S/2C8H19NO2.C8H6O4/c2*1-2-3-4-9(5-7-10)6-8-11;9-7(10)5-3-1-2-4-6(5)8(11)12/h2*10-11H,2-8H2,1H3;1-4H,(H,9,10)(H,11,12). The topological polar surface area (TPSA) is 162 Å². The van der Waals surface area contributed by atoms with Crippen molar-refractivity contribution in [3.05, 3.63) is 35.4 Å². The van der Waals surface area contributed by atoms with Crippen molar-refractivity contribution >= 4 is 11.9 Å². The molecule has 0 unspecified atom stereocenters. The fraction of sp³-hybridized carbons (Fsp3) is 0.667. The molecule has 0 saturated carbocycles. The smallest absolute Gasteiger partial charge is 0.336 e. The minimum absolute atomic E-state index is 0.184. The molecule has 198 valence electrons. The lowest BCUT2D eigenvalue weighted by atomic mass is 10.1. The Morgan fingerprint density at radius 2 is 0.912 bits per heavy atom. The maximum atomic E-state index is 10.5. The second-order valence-corrected chi connectivity index (χ2v) is 7.44. The molecule has 6 N–H and O–H groups in total. The summed E-state index contributed by atoms with van der Waals surface area (Å²) in [5, 5.41) is 51.7. The lowest BCUT2D eigenvalue weighted by Gasteiger charge is -2.19. The Labute approximate surface area is 203 Å². The van der Waals surface area contributed by atoms with Gasteiger partial charge in [0.1, 0.15) is 0 Å². The van der Waals surface area contributed by atoms with E-state index < -0.39 is 11.9 Å². The molecule has 0 radical (unpaired) electrons. The monoisotopic (exact) mass is 488 g/mol. The van der Waals surface area contributed by atoms with Gasteiger partial charge >= 0.3 is 11.9 Å². The Morgan fingerprint density at radius 1 is 0.618 bits per heavy atom. The Hall–Kier alpha value is -2.08. The molecule has 10 heteroatoms. The van der Waals surface area contributed by atoms with Gasteiger partial charge in [0, 0.05) is 26.2 Å². The summed E-state index contributed by atoms with van der Waals surface area (Å²) < 4.78 is 0. The van der Waals surface area contributed by atoms with Crippen LogP contribution in [0.15, 0.2) is 24.3 Å². The number of carboxylic acids is 2. The minimum Gasteiger partial charge on any atom is -0.478 e. The maximum Gasteiger partial charge on any atom is 0.336 e. The van der Waals surface area contributed by atoms with E-state index in [1.54, 1.807) is 0 Å². The molecule has 0 heterocycles. The Morgan fingerprint density at radius 3 is 1.12 bits per heavy atom. The number of rotatable bonds is 16. The van der Waals surface area contributed by atoms with Crippen LogP contribution in [-0.2, 0) is 0 Å². The third-order valence-electron chi connectivity index (χ3n) is 4.71. The highest BCUT2D eigenvalue weighted by Gasteiger charge is 2.13. The number of nitrogens with zero attached hydrogens (tertiary/aromatic N) is 2. The molecular formula is C24H44N2O8. The predicted molar refractivity (Wildman–Crippen MR) is 131 cm³/mol. The van der Waals surface area contributed by atoms with Gasteiger partial charge in [-0.1, -0.05) is 38.8 Å². The number of benzene rings is 1. The van der Waals surface area contributed by atoms with Crippen LogP contribution in [0.25, 0.3) is 0 Å². The summed E-state index contributed by atoms with van der Waals surface area (Å²) in [7, 11) is 0. The van der Waals surface area contributed by atoms with Crippen molar-refractivity contribution < 1.29 is 40.2 Å². The van der Waals surface area contributed by atoms with Crippen LogP contribution in [0, 0.1) is 0 Å². The number of aromatic carboxylic acids is 2. The highest BCUT2D eigenvalue weighted by atomic mass is 16.4. The van der Waals surface area contributed by atoms with Crippen molar-refractivity contribution in [3.63, 3.8) is 0 Å². The van der Waals surface area contributed by atoms with Gasteiger partial charge in [-0.2, -0.15) is 0 Å². The highest BCUT2D eigenvalue weighted by Crippen LogP contribution is 2.07. The van der Waals surface area contributed by atoms with Crippen LogP contribution in [-0.4, -0.2) is 118 Å². The molecule has 0 bridgehead atoms. The molecule has 34 heavy (non-hydrogen) atoms. The van der Waals surface area contributed by atoms with Crippen molar-refractivity contribution in [2.75, 3.05) is 65.7 Å². The van der Waals surface area contributed by atoms with Gasteiger partial charge in [-0.25, -0.2) is 9.59 Å². The van der Waals surface area contributed by atoms with E-state index in [9.17, 15) is 9.59 Å². The normalized spacial score (nSPS) is 10.4. The summed E-state index contributed by atoms with van der Waals surface area (Å²) in [5.41, 5.74) is -0.380. The lowest BCUT2D eigenvalue weighted by Crippen LogP contribution is -2.30. The van der Waals surface area contributed by atoms with Gasteiger partial charge in [0.2, 0.25) is 0 Å². The number of unbranched alkanes of at least 4 members (excludes halogenated alkanes) is 2. The van der Waals surface area contributed by atoms with Crippen molar-refractivity contribution in [2.24, 2.45) is 0 Å². The van der Waals surface area contributed by atoms with Crippen molar-refractivity contribution in [2.45, 2.75) is 39.5 Å². The zero-order valence-electron chi connectivity index (χ0n) is 20.6. The molecule has 0 spiro atoms.